The largest absolute Gasteiger partial charge is 0.352 e. The van der Waals surface area contributed by atoms with Crippen LogP contribution in [0.5, 0.6) is 0 Å². The summed E-state index contributed by atoms with van der Waals surface area (Å²) in [5.74, 6) is 0.147. The molecular formula is C15H22N2O. The molecule has 3 heteroatoms. The molecule has 0 spiro atoms. The molecule has 1 aliphatic rings. The molecule has 0 saturated heterocycles. The second-order valence-corrected chi connectivity index (χ2v) is 4.88. The van der Waals surface area contributed by atoms with Gasteiger partial charge < -0.3 is 10.6 Å². The van der Waals surface area contributed by atoms with E-state index in [4.69, 9.17) is 0 Å². The highest BCUT2D eigenvalue weighted by molar-refractivity contribution is 5.75. The zero-order valence-corrected chi connectivity index (χ0v) is 11.1. The molecule has 0 aromatic heterocycles. The van der Waals surface area contributed by atoms with Crippen molar-refractivity contribution in [2.45, 2.75) is 39.2 Å². The molecule has 18 heavy (non-hydrogen) atoms. The molecule has 0 saturated carbocycles. The van der Waals surface area contributed by atoms with Crippen LogP contribution < -0.4 is 10.6 Å². The first-order valence-electron chi connectivity index (χ1n) is 6.87. The van der Waals surface area contributed by atoms with Crippen molar-refractivity contribution in [1.82, 2.24) is 10.6 Å². The number of rotatable bonds is 4. The lowest BCUT2D eigenvalue weighted by Crippen LogP contribution is -2.22. The monoisotopic (exact) mass is 246 g/mol. The molecule has 0 aliphatic carbocycles. The number of fused-ring (bicyclic) bond motifs is 1. The molecular weight excluding hydrogens is 224 g/mol. The van der Waals surface area contributed by atoms with E-state index < -0.39 is 0 Å². The maximum atomic E-state index is 11.4. The smallest absolute Gasteiger partial charge is 0.220 e. The third-order valence-corrected chi connectivity index (χ3v) is 3.38. The van der Waals surface area contributed by atoms with Gasteiger partial charge in [0, 0.05) is 13.0 Å². The normalized spacial score (nSPS) is 14.7. The van der Waals surface area contributed by atoms with E-state index >= 15 is 0 Å². The van der Waals surface area contributed by atoms with Crippen LogP contribution >= 0.6 is 0 Å². The van der Waals surface area contributed by atoms with E-state index in [1.807, 2.05) is 6.92 Å². The Kier molecular flexibility index (Phi) is 4.76. The summed E-state index contributed by atoms with van der Waals surface area (Å²) in [5, 5.41) is 6.38. The fourth-order valence-electron chi connectivity index (χ4n) is 2.35. The van der Waals surface area contributed by atoms with E-state index in [1.54, 1.807) is 0 Å². The summed E-state index contributed by atoms with van der Waals surface area (Å²) in [5.41, 5.74) is 4.09. The lowest BCUT2D eigenvalue weighted by atomic mass is 10.00. The van der Waals surface area contributed by atoms with Crippen molar-refractivity contribution >= 4 is 5.91 Å². The topological polar surface area (TPSA) is 41.1 Å². The average Bonchev–Trinajstić information content (AvgIpc) is 2.61. The van der Waals surface area contributed by atoms with Crippen LogP contribution in [-0.2, 0) is 24.2 Å². The number of carbonyl (C=O) groups excluding carboxylic acids is 1. The highest BCUT2D eigenvalue weighted by Crippen LogP contribution is 2.15. The van der Waals surface area contributed by atoms with Gasteiger partial charge in [-0.25, -0.2) is 0 Å². The summed E-state index contributed by atoms with van der Waals surface area (Å²) in [7, 11) is 0. The second kappa shape index (κ2) is 6.55. The minimum Gasteiger partial charge on any atom is -0.352 e. The van der Waals surface area contributed by atoms with E-state index in [9.17, 15) is 4.79 Å². The molecule has 1 aromatic rings. The van der Waals surface area contributed by atoms with Gasteiger partial charge in [-0.1, -0.05) is 25.1 Å². The maximum Gasteiger partial charge on any atom is 0.220 e. The van der Waals surface area contributed by atoms with Gasteiger partial charge in [0.05, 0.1) is 0 Å². The van der Waals surface area contributed by atoms with E-state index in [2.05, 4.69) is 28.8 Å². The average molecular weight is 246 g/mol. The lowest BCUT2D eigenvalue weighted by molar-refractivity contribution is -0.121. The molecule has 0 bridgehead atoms. The molecule has 1 amide bonds. The van der Waals surface area contributed by atoms with Gasteiger partial charge in [0.1, 0.15) is 0 Å². The van der Waals surface area contributed by atoms with Crippen molar-refractivity contribution in [2.75, 3.05) is 13.1 Å². The Hall–Kier alpha value is -1.35. The molecule has 1 aliphatic heterocycles. The predicted octanol–water partition coefficient (Wildman–Crippen LogP) is 1.79. The second-order valence-electron chi connectivity index (χ2n) is 4.88. The Morgan fingerprint density at radius 3 is 2.83 bits per heavy atom. The van der Waals surface area contributed by atoms with Crippen LogP contribution in [0.2, 0.25) is 0 Å². The van der Waals surface area contributed by atoms with Gasteiger partial charge in [0.15, 0.2) is 0 Å². The highest BCUT2D eigenvalue weighted by Gasteiger charge is 2.08. The molecule has 0 unspecified atom stereocenters. The van der Waals surface area contributed by atoms with Crippen molar-refractivity contribution in [3.8, 4) is 0 Å². The first-order chi connectivity index (χ1) is 8.79. The van der Waals surface area contributed by atoms with Gasteiger partial charge in [0.2, 0.25) is 5.91 Å². The van der Waals surface area contributed by atoms with Crippen LogP contribution in [0.15, 0.2) is 18.2 Å². The lowest BCUT2D eigenvalue weighted by Gasteiger charge is -2.09. The van der Waals surface area contributed by atoms with Crippen molar-refractivity contribution < 1.29 is 4.79 Å². The first kappa shape index (κ1) is 13.1. The summed E-state index contributed by atoms with van der Waals surface area (Å²) in [6, 6.07) is 6.59. The van der Waals surface area contributed by atoms with E-state index in [0.717, 1.165) is 32.4 Å². The molecule has 1 aromatic carbocycles. The van der Waals surface area contributed by atoms with Gasteiger partial charge in [-0.15, -0.1) is 0 Å². The molecule has 2 N–H and O–H groups in total. The molecule has 0 fully saturated rings. The van der Waals surface area contributed by atoms with Crippen molar-refractivity contribution in [1.29, 1.82) is 0 Å². The zero-order valence-electron chi connectivity index (χ0n) is 11.1. The van der Waals surface area contributed by atoms with Crippen LogP contribution in [0, 0.1) is 0 Å². The van der Waals surface area contributed by atoms with Crippen LogP contribution in [-0.4, -0.2) is 19.0 Å². The van der Waals surface area contributed by atoms with Crippen LogP contribution in [0.1, 0.15) is 36.5 Å². The standard InChI is InChI=1S/C15H22N2O/c1-2-3-15(18)17-11-12-4-5-13-6-8-16-9-7-14(13)10-12/h4-5,10,16H,2-3,6-9,11H2,1H3,(H,17,18). The zero-order chi connectivity index (χ0) is 12.8. The van der Waals surface area contributed by atoms with Gasteiger partial charge in [-0.2, -0.15) is 0 Å². The molecule has 0 radical (unpaired) electrons. The number of amides is 1. The van der Waals surface area contributed by atoms with Gasteiger partial charge in [-0.05, 0) is 49.0 Å². The Balaban J connectivity index is 1.97. The van der Waals surface area contributed by atoms with E-state index in [1.165, 1.54) is 16.7 Å². The van der Waals surface area contributed by atoms with Gasteiger partial charge in [-0.3, -0.25) is 4.79 Å². The number of benzene rings is 1. The Bertz CT molecular complexity index is 415. The third kappa shape index (κ3) is 3.57. The minimum absolute atomic E-state index is 0.147. The van der Waals surface area contributed by atoms with Crippen LogP contribution in [0.25, 0.3) is 0 Å². The molecule has 2 rings (SSSR count). The summed E-state index contributed by atoms with van der Waals surface area (Å²) in [4.78, 5) is 11.4. The number of hydrogen-bond donors (Lipinski definition) is 2. The molecule has 1 heterocycles. The van der Waals surface area contributed by atoms with E-state index in [0.29, 0.717) is 13.0 Å². The fourth-order valence-corrected chi connectivity index (χ4v) is 2.35. The maximum absolute atomic E-state index is 11.4. The Morgan fingerprint density at radius 1 is 1.28 bits per heavy atom. The number of carbonyl (C=O) groups is 1. The van der Waals surface area contributed by atoms with E-state index in [-0.39, 0.29) is 5.91 Å². The summed E-state index contributed by atoms with van der Waals surface area (Å²) < 4.78 is 0. The van der Waals surface area contributed by atoms with Crippen molar-refractivity contribution in [3.63, 3.8) is 0 Å². The molecule has 3 nitrogen and oxygen atoms in total. The summed E-state index contributed by atoms with van der Waals surface area (Å²) >= 11 is 0. The Morgan fingerprint density at radius 2 is 2.06 bits per heavy atom. The number of hydrogen-bond acceptors (Lipinski definition) is 2. The van der Waals surface area contributed by atoms with Gasteiger partial charge >= 0.3 is 0 Å². The summed E-state index contributed by atoms with van der Waals surface area (Å²) in [6.45, 7) is 4.80. The minimum atomic E-state index is 0.147. The van der Waals surface area contributed by atoms with Gasteiger partial charge in [0.25, 0.3) is 0 Å². The quantitative estimate of drug-likeness (QED) is 0.850. The molecule has 0 atom stereocenters. The Labute approximate surface area is 109 Å². The molecule has 98 valence electrons. The van der Waals surface area contributed by atoms with Crippen LogP contribution in [0.3, 0.4) is 0 Å². The third-order valence-electron chi connectivity index (χ3n) is 3.38. The van der Waals surface area contributed by atoms with Crippen LogP contribution in [0.4, 0.5) is 0 Å². The van der Waals surface area contributed by atoms with Crippen molar-refractivity contribution in [2.24, 2.45) is 0 Å². The number of nitrogens with one attached hydrogen (secondary N) is 2. The summed E-state index contributed by atoms with van der Waals surface area (Å²) in [6.07, 6.45) is 3.72. The highest BCUT2D eigenvalue weighted by atomic mass is 16.1. The van der Waals surface area contributed by atoms with Crippen molar-refractivity contribution in [3.05, 3.63) is 34.9 Å². The fraction of sp³-hybridized carbons (Fsp3) is 0.533. The SMILES string of the molecule is CCCC(=O)NCc1ccc2c(c1)CCNCC2. The first-order valence-corrected chi connectivity index (χ1v) is 6.87. The predicted molar refractivity (Wildman–Crippen MR) is 73.5 cm³/mol.